The summed E-state index contributed by atoms with van der Waals surface area (Å²) in [5, 5.41) is 3.27. The maximum absolute atomic E-state index is 14.9. The van der Waals surface area contributed by atoms with E-state index in [1.54, 1.807) is 11.0 Å². The molecule has 5 aromatic carbocycles. The van der Waals surface area contributed by atoms with Crippen LogP contribution >= 0.6 is 11.6 Å². The van der Waals surface area contributed by atoms with Gasteiger partial charge in [0.15, 0.2) is 5.60 Å². The molecular weight excluding hydrogens is 846 g/mol. The summed E-state index contributed by atoms with van der Waals surface area (Å²) in [4.78, 5) is 47.6. The van der Waals surface area contributed by atoms with Crippen molar-refractivity contribution in [1.29, 1.82) is 0 Å². The Hall–Kier alpha value is -5.48. The Balaban J connectivity index is 1.00. The molecule has 66 heavy (non-hydrogen) atoms. The topological polar surface area (TPSA) is 97.4 Å². The first-order valence-corrected chi connectivity index (χ1v) is 24.6. The van der Waals surface area contributed by atoms with Gasteiger partial charge in [-0.2, -0.15) is 0 Å². The lowest BCUT2D eigenvalue weighted by atomic mass is 9.78. The number of nitrogens with zero attached hydrogens (tertiary/aromatic N) is 2. The second-order valence-corrected chi connectivity index (χ2v) is 18.9. The predicted molar refractivity (Wildman–Crippen MR) is 259 cm³/mol. The van der Waals surface area contributed by atoms with E-state index < -0.39 is 30.1 Å². The molecule has 1 saturated carbocycles. The van der Waals surface area contributed by atoms with Crippen molar-refractivity contribution in [3.8, 4) is 11.1 Å². The lowest BCUT2D eigenvalue weighted by molar-refractivity contribution is -0.156. The number of nitrogens with one attached hydrogen (secondary N) is 1. The zero-order chi connectivity index (χ0) is 45.3. The number of fused-ring (bicyclic) bond motifs is 3. The molecule has 9 nitrogen and oxygen atoms in total. The quantitative estimate of drug-likeness (QED) is 0.0983. The minimum absolute atomic E-state index is 0.0633. The molecule has 0 radical (unpaired) electrons. The number of rotatable bonds is 12. The van der Waals surface area contributed by atoms with E-state index >= 15 is 0 Å². The standard InChI is InChI=1S/C56H62ClN3O6/c57-51-27-17-16-26-50(51)56(42-20-10-7-11-21-42,43-30-28-41(29-31-43)40-18-8-5-3-1-2-4-6-9-19-40)66-53(61)36-52(54(62)60-34-32-59(33-35-60)44-37-64-38-44)58-55(63)65-39-49-47-24-14-12-22-45(47)46-23-13-15-25-48(46)49/h7,10-17,20-31,40,44,49,52H,1-6,8-9,18-19,32-39H2,(H,58,63)/t52-,56?/m0/s1. The van der Waals surface area contributed by atoms with Crippen molar-refractivity contribution < 1.29 is 28.6 Å². The summed E-state index contributed by atoms with van der Waals surface area (Å²) in [6.45, 7) is 3.67. The smallest absolute Gasteiger partial charge is 0.407 e. The molecule has 10 heteroatoms. The second kappa shape index (κ2) is 21.4. The summed E-state index contributed by atoms with van der Waals surface area (Å²) in [6.07, 6.45) is 11.3. The van der Waals surface area contributed by atoms with Gasteiger partial charge >= 0.3 is 12.1 Å². The van der Waals surface area contributed by atoms with Gasteiger partial charge in [0, 0.05) is 53.8 Å². The Morgan fingerprint density at radius 2 is 1.23 bits per heavy atom. The maximum atomic E-state index is 14.9. The van der Waals surface area contributed by atoms with E-state index in [4.69, 9.17) is 25.8 Å². The minimum atomic E-state index is -1.49. The predicted octanol–water partition coefficient (Wildman–Crippen LogP) is 11.0. The number of alkyl carbamates (subject to hydrolysis) is 1. The van der Waals surface area contributed by atoms with E-state index in [-0.39, 0.29) is 18.4 Å². The molecule has 0 spiro atoms. The van der Waals surface area contributed by atoms with E-state index in [1.165, 1.54) is 56.9 Å². The average Bonchev–Trinajstić information content (AvgIpc) is 3.62. The number of halogens is 1. The third-order valence-corrected chi connectivity index (χ3v) is 14.7. The van der Waals surface area contributed by atoms with Crippen molar-refractivity contribution in [2.75, 3.05) is 46.0 Å². The van der Waals surface area contributed by atoms with E-state index in [2.05, 4.69) is 58.7 Å². The minimum Gasteiger partial charge on any atom is -0.449 e. The molecule has 0 bridgehead atoms. The highest BCUT2D eigenvalue weighted by molar-refractivity contribution is 6.31. The molecule has 2 aliphatic heterocycles. The average molecular weight is 909 g/mol. The van der Waals surface area contributed by atoms with E-state index in [9.17, 15) is 14.4 Å². The van der Waals surface area contributed by atoms with Gasteiger partial charge in [-0.15, -0.1) is 0 Å². The summed E-state index contributed by atoms with van der Waals surface area (Å²) < 4.78 is 18.3. The van der Waals surface area contributed by atoms with Gasteiger partial charge in [0.05, 0.1) is 25.7 Å². The van der Waals surface area contributed by atoms with Crippen LogP contribution in [-0.2, 0) is 29.4 Å². The molecule has 1 unspecified atom stereocenters. The van der Waals surface area contributed by atoms with Crippen LogP contribution < -0.4 is 5.32 Å². The third kappa shape index (κ3) is 10.1. The third-order valence-electron chi connectivity index (χ3n) is 14.4. The lowest BCUT2D eigenvalue weighted by Gasteiger charge is -2.43. The number of hydrogen-bond donors (Lipinski definition) is 1. The molecule has 2 aliphatic carbocycles. The second-order valence-electron chi connectivity index (χ2n) is 18.5. The van der Waals surface area contributed by atoms with Crippen LogP contribution in [0.5, 0.6) is 0 Å². The van der Waals surface area contributed by atoms with Gasteiger partial charge < -0.3 is 24.4 Å². The number of carbonyl (C=O) groups is 3. The van der Waals surface area contributed by atoms with Crippen molar-refractivity contribution in [1.82, 2.24) is 15.1 Å². The fourth-order valence-corrected chi connectivity index (χ4v) is 11.0. The maximum Gasteiger partial charge on any atom is 0.407 e. The molecular formula is C56H62ClN3O6. The molecule has 1 N–H and O–H groups in total. The normalized spacial score (nSPS) is 19.0. The van der Waals surface area contributed by atoms with Crippen LogP contribution in [0.15, 0.2) is 127 Å². The lowest BCUT2D eigenvalue weighted by Crippen LogP contribution is -2.60. The van der Waals surface area contributed by atoms with Gasteiger partial charge in [0.25, 0.3) is 0 Å². The summed E-state index contributed by atoms with van der Waals surface area (Å²) in [7, 11) is 0. The molecule has 9 rings (SSSR count). The molecule has 3 fully saturated rings. The molecule has 2 heterocycles. The Morgan fingerprint density at radius 1 is 0.667 bits per heavy atom. The Bertz CT molecular complexity index is 2380. The van der Waals surface area contributed by atoms with Gasteiger partial charge in [-0.1, -0.05) is 184 Å². The van der Waals surface area contributed by atoms with Crippen LogP contribution in [0.3, 0.4) is 0 Å². The van der Waals surface area contributed by atoms with Crippen LogP contribution in [-0.4, -0.2) is 85.9 Å². The summed E-state index contributed by atoms with van der Waals surface area (Å²) in [5.41, 5.74) is 6.21. The molecule has 0 aromatic heterocycles. The summed E-state index contributed by atoms with van der Waals surface area (Å²) in [6, 6.07) is 41.0. The molecule has 2 amide bonds. The fraction of sp³-hybridized carbons (Fsp3) is 0.411. The van der Waals surface area contributed by atoms with Gasteiger partial charge in [-0.25, -0.2) is 4.79 Å². The number of amides is 2. The number of esters is 1. The first kappa shape index (κ1) is 45.7. The Labute approximate surface area is 394 Å². The summed E-state index contributed by atoms with van der Waals surface area (Å²) >= 11 is 7.11. The van der Waals surface area contributed by atoms with Gasteiger partial charge in [-0.05, 0) is 52.6 Å². The van der Waals surface area contributed by atoms with Crippen molar-refractivity contribution in [3.63, 3.8) is 0 Å². The molecule has 344 valence electrons. The first-order valence-electron chi connectivity index (χ1n) is 24.2. The van der Waals surface area contributed by atoms with Gasteiger partial charge in [0.2, 0.25) is 5.91 Å². The van der Waals surface area contributed by atoms with E-state index in [0.717, 1.165) is 40.7 Å². The Morgan fingerprint density at radius 3 is 1.83 bits per heavy atom. The van der Waals surface area contributed by atoms with Crippen LogP contribution in [0.2, 0.25) is 5.02 Å². The SMILES string of the molecule is O=C(C[C@H](NC(=O)OCC1c2ccccc2-c2ccccc21)C(=O)N1CCN(C2COC2)CC1)OC(c1ccccc1)(c1ccc(C2CCCCCCCCCC2)cc1)c1ccccc1Cl. The monoisotopic (exact) mass is 907 g/mol. The highest BCUT2D eigenvalue weighted by Crippen LogP contribution is 2.46. The summed E-state index contributed by atoms with van der Waals surface area (Å²) in [5.74, 6) is -0.761. The number of ether oxygens (including phenoxy) is 3. The first-order chi connectivity index (χ1) is 32.4. The molecule has 2 atom stereocenters. The fourth-order valence-electron chi connectivity index (χ4n) is 10.7. The highest BCUT2D eigenvalue weighted by Gasteiger charge is 2.44. The zero-order valence-corrected chi connectivity index (χ0v) is 38.6. The van der Waals surface area contributed by atoms with E-state index in [0.29, 0.717) is 67.5 Å². The van der Waals surface area contributed by atoms with Crippen molar-refractivity contribution in [2.24, 2.45) is 0 Å². The molecule has 2 saturated heterocycles. The van der Waals surface area contributed by atoms with Crippen LogP contribution in [0.25, 0.3) is 11.1 Å². The van der Waals surface area contributed by atoms with Crippen molar-refractivity contribution in [2.45, 2.75) is 100 Å². The van der Waals surface area contributed by atoms with Gasteiger partial charge in [-0.3, -0.25) is 14.5 Å². The van der Waals surface area contributed by atoms with E-state index in [1.807, 2.05) is 72.8 Å². The largest absolute Gasteiger partial charge is 0.449 e. The number of piperazine rings is 1. The van der Waals surface area contributed by atoms with Crippen molar-refractivity contribution in [3.05, 3.63) is 166 Å². The van der Waals surface area contributed by atoms with Crippen LogP contribution in [0.1, 0.15) is 116 Å². The van der Waals surface area contributed by atoms with Crippen molar-refractivity contribution >= 4 is 29.6 Å². The van der Waals surface area contributed by atoms with Crippen LogP contribution in [0, 0.1) is 0 Å². The van der Waals surface area contributed by atoms with Crippen LogP contribution in [0.4, 0.5) is 4.79 Å². The number of hydrogen-bond acceptors (Lipinski definition) is 7. The molecule has 5 aromatic rings. The number of benzene rings is 5. The number of carbonyl (C=O) groups excluding carboxylic acids is 3. The van der Waals surface area contributed by atoms with Gasteiger partial charge in [0.1, 0.15) is 12.6 Å². The highest BCUT2D eigenvalue weighted by atomic mass is 35.5. The zero-order valence-electron chi connectivity index (χ0n) is 37.9. The molecule has 4 aliphatic rings. The Kier molecular flexibility index (Phi) is 14.8.